The predicted molar refractivity (Wildman–Crippen MR) is 62.4 cm³/mol. The summed E-state index contributed by atoms with van der Waals surface area (Å²) in [6, 6.07) is 5.96. The second-order valence-corrected chi connectivity index (χ2v) is 4.19. The predicted octanol–water partition coefficient (Wildman–Crippen LogP) is 2.53. The number of aromatic carboxylic acids is 1. The van der Waals surface area contributed by atoms with Crippen LogP contribution in [0.1, 0.15) is 15.9 Å². The average molecular weight is 299 g/mol. The normalized spacial score (nSPS) is 10.5. The molecule has 0 spiro atoms. The summed E-state index contributed by atoms with van der Waals surface area (Å²) in [5.41, 5.74) is 0.944. The van der Waals surface area contributed by atoms with Gasteiger partial charge in [-0.05, 0) is 33.6 Å². The molecule has 0 aliphatic heterocycles. The summed E-state index contributed by atoms with van der Waals surface area (Å²) in [5, 5.41) is 12.8. The van der Waals surface area contributed by atoms with Gasteiger partial charge in [-0.2, -0.15) is 5.10 Å². The topological polar surface area (TPSA) is 55.1 Å². The van der Waals surface area contributed by atoms with Crippen molar-refractivity contribution in [2.24, 2.45) is 0 Å². The molecule has 1 aromatic carbocycles. The molecule has 88 valence electrons. The van der Waals surface area contributed by atoms with Crippen molar-refractivity contribution >= 4 is 21.9 Å². The summed E-state index contributed by atoms with van der Waals surface area (Å²) in [5.74, 6) is -1.35. The number of aromatic nitrogens is 2. The molecule has 0 atom stereocenters. The van der Waals surface area contributed by atoms with Gasteiger partial charge >= 0.3 is 5.97 Å². The van der Waals surface area contributed by atoms with Crippen molar-refractivity contribution < 1.29 is 14.3 Å². The van der Waals surface area contributed by atoms with E-state index < -0.39 is 5.97 Å². The second kappa shape index (κ2) is 4.67. The Morgan fingerprint density at radius 1 is 1.41 bits per heavy atom. The largest absolute Gasteiger partial charge is 0.478 e. The molecule has 0 aliphatic rings. The van der Waals surface area contributed by atoms with Crippen LogP contribution in [0, 0.1) is 5.82 Å². The number of hydrogen-bond acceptors (Lipinski definition) is 2. The van der Waals surface area contributed by atoms with E-state index in [4.69, 9.17) is 5.11 Å². The molecule has 0 amide bonds. The minimum absolute atomic E-state index is 0.104. The fraction of sp³-hybridized carbons (Fsp3) is 0.0909. The fourth-order valence-electron chi connectivity index (χ4n) is 1.39. The SMILES string of the molecule is O=C(O)c1cnn(Cc2ccc(F)cc2)c1Br. The highest BCUT2D eigenvalue weighted by Crippen LogP contribution is 2.17. The van der Waals surface area contributed by atoms with Crippen LogP contribution >= 0.6 is 15.9 Å². The monoisotopic (exact) mass is 298 g/mol. The van der Waals surface area contributed by atoms with Crippen LogP contribution in [0.3, 0.4) is 0 Å². The molecular formula is C11H8BrFN2O2. The van der Waals surface area contributed by atoms with Crippen LogP contribution < -0.4 is 0 Å². The summed E-state index contributed by atoms with van der Waals surface area (Å²) in [4.78, 5) is 10.8. The molecule has 0 radical (unpaired) electrons. The van der Waals surface area contributed by atoms with Crippen molar-refractivity contribution in [1.82, 2.24) is 9.78 Å². The van der Waals surface area contributed by atoms with E-state index in [1.165, 1.54) is 23.0 Å². The number of hydrogen-bond donors (Lipinski definition) is 1. The third kappa shape index (κ3) is 2.52. The number of rotatable bonds is 3. The van der Waals surface area contributed by atoms with E-state index in [1.54, 1.807) is 12.1 Å². The van der Waals surface area contributed by atoms with E-state index in [0.717, 1.165) is 5.56 Å². The van der Waals surface area contributed by atoms with Gasteiger partial charge in [-0.25, -0.2) is 9.18 Å². The molecule has 0 saturated heterocycles. The first-order valence-electron chi connectivity index (χ1n) is 4.77. The Bertz CT molecular complexity index is 551. The number of nitrogens with zero attached hydrogens (tertiary/aromatic N) is 2. The van der Waals surface area contributed by atoms with E-state index >= 15 is 0 Å². The van der Waals surface area contributed by atoms with Gasteiger partial charge in [-0.15, -0.1) is 0 Å². The zero-order chi connectivity index (χ0) is 12.4. The highest BCUT2D eigenvalue weighted by Gasteiger charge is 2.14. The zero-order valence-corrected chi connectivity index (χ0v) is 10.2. The first-order chi connectivity index (χ1) is 8.08. The average Bonchev–Trinajstić information content (AvgIpc) is 2.64. The maximum atomic E-state index is 12.7. The van der Waals surface area contributed by atoms with Crippen molar-refractivity contribution in [3.8, 4) is 0 Å². The maximum Gasteiger partial charge on any atom is 0.340 e. The summed E-state index contributed by atoms with van der Waals surface area (Å²) >= 11 is 3.17. The lowest BCUT2D eigenvalue weighted by molar-refractivity contribution is 0.0695. The zero-order valence-electron chi connectivity index (χ0n) is 8.60. The molecule has 0 fully saturated rings. The molecule has 2 rings (SSSR count). The first-order valence-corrected chi connectivity index (χ1v) is 5.56. The van der Waals surface area contributed by atoms with Crippen LogP contribution in [-0.2, 0) is 6.54 Å². The number of benzene rings is 1. The van der Waals surface area contributed by atoms with E-state index in [-0.39, 0.29) is 11.4 Å². The van der Waals surface area contributed by atoms with Gasteiger partial charge in [-0.1, -0.05) is 12.1 Å². The Balaban J connectivity index is 2.24. The van der Waals surface area contributed by atoms with E-state index in [0.29, 0.717) is 11.1 Å². The Labute approximate surface area is 105 Å². The van der Waals surface area contributed by atoms with Crippen LogP contribution in [-0.4, -0.2) is 20.9 Å². The van der Waals surface area contributed by atoms with Crippen molar-refractivity contribution in [2.45, 2.75) is 6.54 Å². The van der Waals surface area contributed by atoms with Gasteiger partial charge in [-0.3, -0.25) is 4.68 Å². The Kier molecular flexibility index (Phi) is 3.23. The molecule has 1 N–H and O–H groups in total. The van der Waals surface area contributed by atoms with E-state index in [1.807, 2.05) is 0 Å². The van der Waals surface area contributed by atoms with Crippen LogP contribution in [0.15, 0.2) is 35.1 Å². The van der Waals surface area contributed by atoms with Crippen molar-refractivity contribution in [3.63, 3.8) is 0 Å². The smallest absolute Gasteiger partial charge is 0.340 e. The van der Waals surface area contributed by atoms with Gasteiger partial charge in [0.05, 0.1) is 12.7 Å². The minimum atomic E-state index is -1.04. The number of carbonyl (C=O) groups is 1. The lowest BCUT2D eigenvalue weighted by Gasteiger charge is -2.03. The van der Waals surface area contributed by atoms with Crippen LogP contribution in [0.2, 0.25) is 0 Å². The number of halogens is 2. The third-order valence-electron chi connectivity index (χ3n) is 2.25. The first kappa shape index (κ1) is 11.8. The van der Waals surface area contributed by atoms with Gasteiger partial charge in [0.15, 0.2) is 0 Å². The third-order valence-corrected chi connectivity index (χ3v) is 3.09. The standard InChI is InChI=1S/C11H8BrFN2O2/c12-10-9(11(16)17)5-14-15(10)6-7-1-3-8(13)4-2-7/h1-5H,6H2,(H,16,17). The highest BCUT2D eigenvalue weighted by atomic mass is 79.9. The second-order valence-electron chi connectivity index (χ2n) is 3.44. The van der Waals surface area contributed by atoms with Crippen molar-refractivity contribution in [2.75, 3.05) is 0 Å². The molecule has 4 nitrogen and oxygen atoms in total. The van der Waals surface area contributed by atoms with E-state index in [2.05, 4.69) is 21.0 Å². The van der Waals surface area contributed by atoms with Crippen LogP contribution in [0.5, 0.6) is 0 Å². The quantitative estimate of drug-likeness (QED) is 0.947. The van der Waals surface area contributed by atoms with Crippen LogP contribution in [0.25, 0.3) is 0 Å². The Morgan fingerprint density at radius 2 is 2.06 bits per heavy atom. The summed E-state index contributed by atoms with van der Waals surface area (Å²) in [6.07, 6.45) is 1.27. The molecule has 0 bridgehead atoms. The van der Waals surface area contributed by atoms with Gasteiger partial charge in [0.25, 0.3) is 0 Å². The maximum absolute atomic E-state index is 12.7. The highest BCUT2D eigenvalue weighted by molar-refractivity contribution is 9.10. The Morgan fingerprint density at radius 3 is 2.59 bits per heavy atom. The molecule has 0 saturated carbocycles. The minimum Gasteiger partial charge on any atom is -0.478 e. The van der Waals surface area contributed by atoms with E-state index in [9.17, 15) is 9.18 Å². The Hall–Kier alpha value is -1.69. The summed E-state index contributed by atoms with van der Waals surface area (Å²) in [7, 11) is 0. The van der Waals surface area contributed by atoms with Crippen LogP contribution in [0.4, 0.5) is 4.39 Å². The summed E-state index contributed by atoms with van der Waals surface area (Å²) < 4.78 is 14.6. The molecule has 1 heterocycles. The van der Waals surface area contributed by atoms with Gasteiger partial charge in [0.1, 0.15) is 16.0 Å². The van der Waals surface area contributed by atoms with Gasteiger partial charge < -0.3 is 5.11 Å². The molecule has 1 aromatic heterocycles. The van der Waals surface area contributed by atoms with Crippen molar-refractivity contribution in [1.29, 1.82) is 0 Å². The number of carboxylic acid groups (broad SMARTS) is 1. The molecule has 0 aliphatic carbocycles. The molecular weight excluding hydrogens is 291 g/mol. The molecule has 17 heavy (non-hydrogen) atoms. The lowest BCUT2D eigenvalue weighted by Crippen LogP contribution is -2.03. The lowest BCUT2D eigenvalue weighted by atomic mass is 10.2. The number of carboxylic acids is 1. The molecule has 6 heteroatoms. The molecule has 2 aromatic rings. The van der Waals surface area contributed by atoms with Crippen molar-refractivity contribution in [3.05, 3.63) is 52.0 Å². The van der Waals surface area contributed by atoms with Gasteiger partial charge in [0.2, 0.25) is 0 Å². The molecule has 0 unspecified atom stereocenters. The summed E-state index contributed by atoms with van der Waals surface area (Å²) in [6.45, 7) is 0.383. The fourth-order valence-corrected chi connectivity index (χ4v) is 1.88. The van der Waals surface area contributed by atoms with Gasteiger partial charge in [0, 0.05) is 0 Å².